The van der Waals surface area contributed by atoms with Crippen molar-refractivity contribution in [3.8, 4) is 0 Å². The van der Waals surface area contributed by atoms with Crippen molar-refractivity contribution in [1.82, 2.24) is 0 Å². The second-order valence-corrected chi connectivity index (χ2v) is 5.10. The molecule has 1 N–H and O–H groups in total. The molecule has 0 atom stereocenters. The van der Waals surface area contributed by atoms with Crippen LogP contribution in [0.4, 0.5) is 14.5 Å². The molecule has 0 aliphatic rings. The van der Waals surface area contributed by atoms with Crippen molar-refractivity contribution in [2.24, 2.45) is 0 Å². The maximum absolute atomic E-state index is 13.5. The zero-order valence-electron chi connectivity index (χ0n) is 13.3. The molecule has 2 rings (SSSR count). The molecular formula is C18H15F2NO4. The zero-order valence-corrected chi connectivity index (χ0v) is 13.3. The maximum Gasteiger partial charge on any atom is 0.341 e. The number of carbonyl (C=O) groups excluding carboxylic acids is 3. The van der Waals surface area contributed by atoms with Crippen molar-refractivity contribution in [2.75, 3.05) is 11.9 Å². The predicted molar refractivity (Wildman–Crippen MR) is 86.3 cm³/mol. The van der Waals surface area contributed by atoms with Gasteiger partial charge in [0.1, 0.15) is 11.6 Å². The minimum absolute atomic E-state index is 0.158. The van der Waals surface area contributed by atoms with Crippen LogP contribution in [0.15, 0.2) is 42.5 Å². The minimum atomic E-state index is -1.06. The number of rotatable bonds is 6. The Morgan fingerprint density at radius 1 is 1.04 bits per heavy atom. The molecule has 2 aromatic rings. The van der Waals surface area contributed by atoms with Crippen molar-refractivity contribution in [3.63, 3.8) is 0 Å². The SMILES string of the molecule is CCC(=O)Nc1ccc(C(=O)COC(=O)c2ccc(F)cc2F)cc1. The number of benzene rings is 2. The Kier molecular flexibility index (Phi) is 5.94. The van der Waals surface area contributed by atoms with Crippen LogP contribution in [0.25, 0.3) is 0 Å². The number of anilines is 1. The highest BCUT2D eigenvalue weighted by atomic mass is 19.1. The highest BCUT2D eigenvalue weighted by molar-refractivity contribution is 6.00. The number of nitrogens with one attached hydrogen (secondary N) is 1. The van der Waals surface area contributed by atoms with Gasteiger partial charge in [0.25, 0.3) is 0 Å². The summed E-state index contributed by atoms with van der Waals surface area (Å²) in [4.78, 5) is 35.0. The average molecular weight is 347 g/mol. The van der Waals surface area contributed by atoms with Gasteiger partial charge in [-0.2, -0.15) is 0 Å². The van der Waals surface area contributed by atoms with Crippen LogP contribution in [0.2, 0.25) is 0 Å². The molecule has 0 unspecified atom stereocenters. The van der Waals surface area contributed by atoms with Crippen LogP contribution in [0.3, 0.4) is 0 Å². The summed E-state index contributed by atoms with van der Waals surface area (Å²) in [6.07, 6.45) is 0.330. The van der Waals surface area contributed by atoms with E-state index in [4.69, 9.17) is 4.74 Å². The van der Waals surface area contributed by atoms with Gasteiger partial charge in [0.05, 0.1) is 5.56 Å². The molecule has 0 aliphatic carbocycles. The summed E-state index contributed by atoms with van der Waals surface area (Å²) >= 11 is 0. The van der Waals surface area contributed by atoms with Crippen molar-refractivity contribution in [3.05, 3.63) is 65.2 Å². The van der Waals surface area contributed by atoms with Crippen molar-refractivity contribution >= 4 is 23.3 Å². The summed E-state index contributed by atoms with van der Waals surface area (Å²) in [6.45, 7) is 1.13. The van der Waals surface area contributed by atoms with E-state index < -0.39 is 35.6 Å². The zero-order chi connectivity index (χ0) is 18.4. The fourth-order valence-electron chi connectivity index (χ4n) is 1.94. The number of hydrogen-bond acceptors (Lipinski definition) is 4. The summed E-state index contributed by atoms with van der Waals surface area (Å²) in [6, 6.07) is 8.46. The third kappa shape index (κ3) is 4.94. The number of amides is 1. The monoisotopic (exact) mass is 347 g/mol. The van der Waals surface area contributed by atoms with E-state index in [1.165, 1.54) is 12.1 Å². The lowest BCUT2D eigenvalue weighted by Gasteiger charge is -2.07. The van der Waals surface area contributed by atoms with Gasteiger partial charge in [0, 0.05) is 23.7 Å². The molecule has 1 amide bonds. The largest absolute Gasteiger partial charge is 0.454 e. The molecule has 0 fully saturated rings. The van der Waals surface area contributed by atoms with Crippen LogP contribution in [0.1, 0.15) is 34.1 Å². The number of esters is 1. The molecule has 0 heterocycles. The van der Waals surface area contributed by atoms with E-state index in [9.17, 15) is 23.2 Å². The van der Waals surface area contributed by atoms with E-state index in [-0.39, 0.29) is 11.5 Å². The van der Waals surface area contributed by atoms with Crippen LogP contribution in [-0.2, 0) is 9.53 Å². The summed E-state index contributed by atoms with van der Waals surface area (Å²) in [5, 5.41) is 2.63. The Balaban J connectivity index is 1.95. The van der Waals surface area contributed by atoms with Crippen molar-refractivity contribution < 1.29 is 27.9 Å². The lowest BCUT2D eigenvalue weighted by Crippen LogP contribution is -2.15. The van der Waals surface area contributed by atoms with Crippen molar-refractivity contribution in [2.45, 2.75) is 13.3 Å². The van der Waals surface area contributed by atoms with E-state index in [0.717, 1.165) is 12.1 Å². The molecule has 2 aromatic carbocycles. The first-order chi connectivity index (χ1) is 11.9. The highest BCUT2D eigenvalue weighted by Gasteiger charge is 2.16. The Bertz CT molecular complexity index is 803. The lowest BCUT2D eigenvalue weighted by atomic mass is 10.1. The van der Waals surface area contributed by atoms with Gasteiger partial charge >= 0.3 is 5.97 Å². The van der Waals surface area contributed by atoms with E-state index in [2.05, 4.69) is 5.32 Å². The van der Waals surface area contributed by atoms with Gasteiger partial charge in [-0.3, -0.25) is 9.59 Å². The summed E-state index contributed by atoms with van der Waals surface area (Å²) in [5.74, 6) is -3.59. The number of hydrogen-bond donors (Lipinski definition) is 1. The molecule has 5 nitrogen and oxygen atoms in total. The fourth-order valence-corrected chi connectivity index (χ4v) is 1.94. The highest BCUT2D eigenvalue weighted by Crippen LogP contribution is 2.13. The molecule has 0 aliphatic heterocycles. The minimum Gasteiger partial charge on any atom is -0.454 e. The smallest absolute Gasteiger partial charge is 0.341 e. The topological polar surface area (TPSA) is 72.5 Å². The Hall–Kier alpha value is -3.09. The molecule has 0 radical (unpaired) electrons. The Morgan fingerprint density at radius 3 is 2.32 bits per heavy atom. The number of carbonyl (C=O) groups is 3. The number of ether oxygens (including phenoxy) is 1. The van der Waals surface area contributed by atoms with Crippen LogP contribution in [0, 0.1) is 11.6 Å². The van der Waals surface area contributed by atoms with Crippen molar-refractivity contribution in [1.29, 1.82) is 0 Å². The molecule has 0 saturated heterocycles. The summed E-state index contributed by atoms with van der Waals surface area (Å²) in [5.41, 5.74) is 0.350. The first kappa shape index (κ1) is 18.3. The maximum atomic E-state index is 13.5. The van der Waals surface area contributed by atoms with Gasteiger partial charge in [-0.15, -0.1) is 0 Å². The van der Waals surface area contributed by atoms with Gasteiger partial charge < -0.3 is 10.1 Å². The Morgan fingerprint density at radius 2 is 1.72 bits per heavy atom. The third-order valence-electron chi connectivity index (χ3n) is 3.30. The molecule has 0 saturated carbocycles. The van der Waals surface area contributed by atoms with Crippen LogP contribution in [-0.4, -0.2) is 24.3 Å². The normalized spacial score (nSPS) is 10.2. The number of Topliss-reactive ketones (excluding diaryl/α,β-unsaturated/α-hetero) is 1. The number of halogens is 2. The second-order valence-electron chi connectivity index (χ2n) is 5.10. The van der Waals surface area contributed by atoms with E-state index in [1.807, 2.05) is 0 Å². The molecule has 130 valence electrons. The standard InChI is InChI=1S/C18H15F2NO4/c1-2-17(23)21-13-6-3-11(4-7-13)16(22)10-25-18(24)14-8-5-12(19)9-15(14)20/h3-9H,2,10H2,1H3,(H,21,23). The first-order valence-electron chi connectivity index (χ1n) is 7.46. The van der Waals surface area contributed by atoms with E-state index in [1.54, 1.807) is 19.1 Å². The lowest BCUT2D eigenvalue weighted by molar-refractivity contribution is -0.115. The van der Waals surface area contributed by atoms with Gasteiger partial charge in [-0.05, 0) is 36.4 Å². The van der Waals surface area contributed by atoms with Gasteiger partial charge in [-0.25, -0.2) is 13.6 Å². The first-order valence-corrected chi connectivity index (χ1v) is 7.46. The van der Waals surface area contributed by atoms with Gasteiger partial charge in [0.2, 0.25) is 5.91 Å². The quantitative estimate of drug-likeness (QED) is 0.642. The van der Waals surface area contributed by atoms with Crippen LogP contribution >= 0.6 is 0 Å². The molecule has 0 aromatic heterocycles. The summed E-state index contributed by atoms with van der Waals surface area (Å²) in [7, 11) is 0. The summed E-state index contributed by atoms with van der Waals surface area (Å²) < 4.78 is 31.0. The molecule has 7 heteroatoms. The van der Waals surface area contributed by atoms with Gasteiger partial charge in [-0.1, -0.05) is 6.92 Å². The molecule has 25 heavy (non-hydrogen) atoms. The van der Waals surface area contributed by atoms with E-state index >= 15 is 0 Å². The van der Waals surface area contributed by atoms with Crippen LogP contribution in [0.5, 0.6) is 0 Å². The number of ketones is 1. The third-order valence-corrected chi connectivity index (χ3v) is 3.30. The molecule has 0 spiro atoms. The van der Waals surface area contributed by atoms with E-state index in [0.29, 0.717) is 18.2 Å². The molecule has 0 bridgehead atoms. The van der Waals surface area contributed by atoms with Crippen LogP contribution < -0.4 is 5.32 Å². The average Bonchev–Trinajstić information content (AvgIpc) is 2.60. The fraction of sp³-hybridized carbons (Fsp3) is 0.167. The van der Waals surface area contributed by atoms with Gasteiger partial charge in [0.15, 0.2) is 12.4 Å². The molecular weight excluding hydrogens is 332 g/mol. The predicted octanol–water partition coefficient (Wildman–Crippen LogP) is 3.35. The second kappa shape index (κ2) is 8.14. The Labute approximate surface area is 142 Å².